The number of carbonyl (C=O) groups is 2. The molecule has 1 aromatic rings. The van der Waals surface area contributed by atoms with Crippen molar-refractivity contribution < 1.29 is 23.8 Å². The molecule has 1 aromatic carbocycles. The van der Waals surface area contributed by atoms with Crippen molar-refractivity contribution in [2.75, 3.05) is 6.61 Å². The van der Waals surface area contributed by atoms with Gasteiger partial charge in [0.25, 0.3) is 0 Å². The van der Waals surface area contributed by atoms with Crippen LogP contribution in [0.25, 0.3) is 0 Å². The van der Waals surface area contributed by atoms with E-state index in [1.165, 1.54) is 6.07 Å². The Kier molecular flexibility index (Phi) is 6.34. The van der Waals surface area contributed by atoms with E-state index in [2.05, 4.69) is 0 Å². The number of unbranched alkanes of at least 4 members (excludes halogenated alkanes) is 1. The normalized spacial score (nSPS) is 10.7. The van der Waals surface area contributed by atoms with Crippen LogP contribution in [0.3, 0.4) is 0 Å². The van der Waals surface area contributed by atoms with Crippen molar-refractivity contribution in [2.45, 2.75) is 40.0 Å². The van der Waals surface area contributed by atoms with Crippen LogP contribution in [0.5, 0.6) is 0 Å². The quantitative estimate of drug-likeness (QED) is 0.616. The van der Waals surface area contributed by atoms with Gasteiger partial charge in [0.1, 0.15) is 5.82 Å². The number of esters is 1. The van der Waals surface area contributed by atoms with Gasteiger partial charge in [-0.25, -0.2) is 14.0 Å². The Labute approximate surface area is 123 Å². The molecule has 1 N–H and O–H groups in total. The lowest BCUT2D eigenvalue weighted by atomic mass is 9.93. The fourth-order valence-electron chi connectivity index (χ4n) is 2.03. The summed E-state index contributed by atoms with van der Waals surface area (Å²) in [6.45, 7) is 5.90. The number of carboxylic acids is 1. The van der Waals surface area contributed by atoms with E-state index in [1.807, 2.05) is 20.8 Å². The van der Waals surface area contributed by atoms with E-state index in [4.69, 9.17) is 4.74 Å². The van der Waals surface area contributed by atoms with Gasteiger partial charge in [0.15, 0.2) is 0 Å². The first-order valence-electron chi connectivity index (χ1n) is 7.10. The van der Waals surface area contributed by atoms with Crippen LogP contribution in [0.4, 0.5) is 4.39 Å². The second-order valence-electron chi connectivity index (χ2n) is 5.34. The summed E-state index contributed by atoms with van der Waals surface area (Å²) in [4.78, 5) is 23.4. The van der Waals surface area contributed by atoms with Crippen molar-refractivity contribution in [1.29, 1.82) is 0 Å². The molecule has 0 aliphatic heterocycles. The van der Waals surface area contributed by atoms with Crippen LogP contribution in [0.15, 0.2) is 12.1 Å². The third-order valence-electron chi connectivity index (χ3n) is 3.03. The minimum Gasteiger partial charge on any atom is -0.478 e. The first-order chi connectivity index (χ1) is 9.88. The van der Waals surface area contributed by atoms with Crippen LogP contribution in [0.2, 0.25) is 0 Å². The number of aromatic carboxylic acids is 1. The van der Waals surface area contributed by atoms with Crippen LogP contribution < -0.4 is 0 Å². The van der Waals surface area contributed by atoms with Gasteiger partial charge in [-0.3, -0.25) is 0 Å². The highest BCUT2D eigenvalue weighted by Crippen LogP contribution is 2.23. The summed E-state index contributed by atoms with van der Waals surface area (Å²) in [7, 11) is 0. The molecule has 0 unspecified atom stereocenters. The van der Waals surface area contributed by atoms with Gasteiger partial charge in [-0.15, -0.1) is 0 Å². The molecule has 0 saturated heterocycles. The molecule has 1 rings (SSSR count). The number of halogens is 1. The molecule has 0 aromatic heterocycles. The van der Waals surface area contributed by atoms with Gasteiger partial charge in [-0.05, 0) is 30.9 Å². The smallest absolute Gasteiger partial charge is 0.339 e. The molecule has 0 heterocycles. The molecule has 0 atom stereocenters. The van der Waals surface area contributed by atoms with Crippen molar-refractivity contribution in [2.24, 2.45) is 5.92 Å². The molecule has 0 aliphatic rings. The van der Waals surface area contributed by atoms with Crippen molar-refractivity contribution in [3.05, 3.63) is 34.6 Å². The van der Waals surface area contributed by atoms with E-state index in [9.17, 15) is 19.1 Å². The van der Waals surface area contributed by atoms with E-state index in [0.717, 1.165) is 12.5 Å². The second kappa shape index (κ2) is 7.76. The van der Waals surface area contributed by atoms with Crippen LogP contribution in [-0.4, -0.2) is 23.7 Å². The van der Waals surface area contributed by atoms with Crippen LogP contribution in [-0.2, 0) is 11.2 Å². The minimum absolute atomic E-state index is 0.0578. The maximum Gasteiger partial charge on any atom is 0.339 e. The first-order valence-corrected chi connectivity index (χ1v) is 7.10. The molecular formula is C16H21FO4. The maximum absolute atomic E-state index is 13.9. The Morgan fingerprint density at radius 2 is 2.00 bits per heavy atom. The molecule has 0 amide bonds. The fourth-order valence-corrected chi connectivity index (χ4v) is 2.03. The Hall–Kier alpha value is -1.91. The summed E-state index contributed by atoms with van der Waals surface area (Å²) >= 11 is 0. The molecule has 0 aliphatic carbocycles. The van der Waals surface area contributed by atoms with Crippen molar-refractivity contribution >= 4 is 11.9 Å². The molecule has 0 radical (unpaired) electrons. The fraction of sp³-hybridized carbons (Fsp3) is 0.500. The lowest BCUT2D eigenvalue weighted by molar-refractivity contribution is 0.0488. The number of hydrogen-bond acceptors (Lipinski definition) is 3. The average molecular weight is 296 g/mol. The van der Waals surface area contributed by atoms with E-state index in [0.29, 0.717) is 6.42 Å². The van der Waals surface area contributed by atoms with Gasteiger partial charge in [-0.2, -0.15) is 0 Å². The average Bonchev–Trinajstić information content (AvgIpc) is 2.40. The number of carbonyl (C=O) groups excluding carboxylic acids is 1. The zero-order chi connectivity index (χ0) is 16.0. The lowest BCUT2D eigenvalue weighted by Gasteiger charge is -2.14. The number of benzene rings is 1. The number of carboxylic acid groups (broad SMARTS) is 1. The zero-order valence-electron chi connectivity index (χ0n) is 12.6. The van der Waals surface area contributed by atoms with Crippen LogP contribution >= 0.6 is 0 Å². The Morgan fingerprint density at radius 1 is 1.33 bits per heavy atom. The van der Waals surface area contributed by atoms with Gasteiger partial charge in [0, 0.05) is 5.56 Å². The standard InChI is InChI=1S/C16H21FO4/c1-4-5-8-21-16(20)11-6-7-13(17)12(9-10(2)3)14(11)15(18)19/h6-7,10H,4-5,8-9H2,1-3H3,(H,18,19). The Balaban J connectivity index is 3.19. The van der Waals surface area contributed by atoms with Crippen molar-refractivity contribution in [3.63, 3.8) is 0 Å². The third kappa shape index (κ3) is 4.55. The summed E-state index contributed by atoms with van der Waals surface area (Å²) in [5.74, 6) is -2.56. The summed E-state index contributed by atoms with van der Waals surface area (Å²) in [6, 6.07) is 2.30. The summed E-state index contributed by atoms with van der Waals surface area (Å²) < 4.78 is 18.9. The molecule has 0 bridgehead atoms. The molecule has 116 valence electrons. The molecule has 0 spiro atoms. The number of rotatable bonds is 7. The highest BCUT2D eigenvalue weighted by atomic mass is 19.1. The van der Waals surface area contributed by atoms with Crippen LogP contribution in [0, 0.1) is 11.7 Å². The van der Waals surface area contributed by atoms with Gasteiger partial charge in [0.05, 0.1) is 17.7 Å². The number of hydrogen-bond donors (Lipinski definition) is 1. The Bertz CT molecular complexity index is 523. The molecule has 4 nitrogen and oxygen atoms in total. The topological polar surface area (TPSA) is 63.6 Å². The molecule has 21 heavy (non-hydrogen) atoms. The molecular weight excluding hydrogens is 275 g/mol. The molecule has 0 saturated carbocycles. The van der Waals surface area contributed by atoms with E-state index < -0.39 is 17.8 Å². The highest BCUT2D eigenvalue weighted by molar-refractivity contribution is 6.03. The minimum atomic E-state index is -1.31. The van der Waals surface area contributed by atoms with E-state index in [1.54, 1.807) is 0 Å². The SMILES string of the molecule is CCCCOC(=O)c1ccc(F)c(CC(C)C)c1C(=O)O. The maximum atomic E-state index is 13.9. The van der Waals surface area contributed by atoms with Gasteiger partial charge in [-0.1, -0.05) is 27.2 Å². The van der Waals surface area contributed by atoms with Crippen molar-refractivity contribution in [1.82, 2.24) is 0 Å². The first kappa shape index (κ1) is 17.1. The lowest BCUT2D eigenvalue weighted by Crippen LogP contribution is -2.17. The van der Waals surface area contributed by atoms with Gasteiger partial charge < -0.3 is 9.84 Å². The number of ether oxygens (including phenoxy) is 1. The molecule has 0 fully saturated rings. The predicted molar refractivity (Wildman–Crippen MR) is 77.1 cm³/mol. The summed E-state index contributed by atoms with van der Waals surface area (Å²) in [5, 5.41) is 9.33. The largest absolute Gasteiger partial charge is 0.478 e. The van der Waals surface area contributed by atoms with Crippen molar-refractivity contribution in [3.8, 4) is 0 Å². The van der Waals surface area contributed by atoms with E-state index in [-0.39, 0.29) is 35.6 Å². The monoisotopic (exact) mass is 296 g/mol. The van der Waals surface area contributed by atoms with E-state index >= 15 is 0 Å². The van der Waals surface area contributed by atoms with Gasteiger partial charge in [0.2, 0.25) is 0 Å². The second-order valence-corrected chi connectivity index (χ2v) is 5.34. The third-order valence-corrected chi connectivity index (χ3v) is 3.03. The summed E-state index contributed by atoms with van der Waals surface area (Å²) in [6.07, 6.45) is 1.82. The predicted octanol–water partition coefficient (Wildman–Crippen LogP) is 3.68. The van der Waals surface area contributed by atoms with Crippen LogP contribution in [0.1, 0.15) is 59.9 Å². The zero-order valence-corrected chi connectivity index (χ0v) is 12.6. The Morgan fingerprint density at radius 3 is 2.52 bits per heavy atom. The molecule has 5 heteroatoms. The van der Waals surface area contributed by atoms with Gasteiger partial charge >= 0.3 is 11.9 Å². The highest BCUT2D eigenvalue weighted by Gasteiger charge is 2.24. The summed E-state index contributed by atoms with van der Waals surface area (Å²) in [5.41, 5.74) is -0.316.